The minimum absolute atomic E-state index is 0.225. The molecular weight excluding hydrogens is 410 g/mol. The van der Waals surface area contributed by atoms with Crippen LogP contribution in [0.3, 0.4) is 0 Å². The summed E-state index contributed by atoms with van der Waals surface area (Å²) in [6, 6.07) is 12.7. The van der Waals surface area contributed by atoms with Crippen LogP contribution < -0.4 is 19.5 Å². The average Bonchev–Trinajstić information content (AvgIpc) is 2.79. The molecule has 2 aromatic carbocycles. The van der Waals surface area contributed by atoms with E-state index < -0.39 is 17.5 Å². The summed E-state index contributed by atoms with van der Waals surface area (Å²) in [6.45, 7) is 5.35. The highest BCUT2D eigenvalue weighted by molar-refractivity contribution is 5.85. The van der Waals surface area contributed by atoms with Crippen molar-refractivity contribution in [2.75, 3.05) is 20.2 Å². The zero-order valence-corrected chi connectivity index (χ0v) is 18.6. The third kappa shape index (κ3) is 6.11. The monoisotopic (exact) mass is 439 g/mol. The predicted octanol–water partition coefficient (Wildman–Crippen LogP) is 4.02. The number of ether oxygens (including phenoxy) is 3. The fraction of sp³-hybridized carbons (Fsp3) is 0.360. The molecule has 0 unspecified atom stereocenters. The van der Waals surface area contributed by atoms with Gasteiger partial charge in [-0.15, -0.1) is 0 Å². The summed E-state index contributed by atoms with van der Waals surface area (Å²) in [7, 11) is 1.45. The Kier molecular flexibility index (Phi) is 7.53. The van der Waals surface area contributed by atoms with Gasteiger partial charge in [0.15, 0.2) is 11.5 Å². The number of carboxylic acids is 1. The standard InChI is InChI=1S/C25H29NO6/c1-25(2,32-20-8-6-18(7-9-20)19-12-14-26-15-13-19)24(29)31-21-10-4-17(5-11-23(27)28)16-22(21)30-3/h4-11,16,19,26H,12-15H2,1-3H3,(H,27,28)/b11-5+. The quantitative estimate of drug-likeness (QED) is 0.364. The number of benzene rings is 2. The van der Waals surface area contributed by atoms with Gasteiger partial charge in [0.05, 0.1) is 7.11 Å². The first-order chi connectivity index (χ1) is 15.3. The van der Waals surface area contributed by atoms with Gasteiger partial charge in [0.2, 0.25) is 5.60 Å². The second-order valence-corrected chi connectivity index (χ2v) is 8.18. The number of methoxy groups -OCH3 is 1. The van der Waals surface area contributed by atoms with Gasteiger partial charge in [-0.05, 0) is 87.2 Å². The minimum atomic E-state index is -1.23. The lowest BCUT2D eigenvalue weighted by molar-refractivity contribution is -0.149. The molecule has 7 nitrogen and oxygen atoms in total. The van der Waals surface area contributed by atoms with Crippen molar-refractivity contribution < 1.29 is 28.9 Å². The van der Waals surface area contributed by atoms with Crippen molar-refractivity contribution >= 4 is 18.0 Å². The molecule has 2 aromatic rings. The first-order valence-corrected chi connectivity index (χ1v) is 10.6. The van der Waals surface area contributed by atoms with Crippen molar-refractivity contribution in [3.8, 4) is 17.2 Å². The van der Waals surface area contributed by atoms with Gasteiger partial charge in [-0.1, -0.05) is 18.2 Å². The highest BCUT2D eigenvalue weighted by Gasteiger charge is 2.33. The lowest BCUT2D eigenvalue weighted by Crippen LogP contribution is -2.41. The van der Waals surface area contributed by atoms with Crippen LogP contribution in [-0.2, 0) is 9.59 Å². The zero-order valence-electron chi connectivity index (χ0n) is 18.6. The number of carbonyl (C=O) groups excluding carboxylic acids is 1. The van der Waals surface area contributed by atoms with Gasteiger partial charge in [0.1, 0.15) is 5.75 Å². The summed E-state index contributed by atoms with van der Waals surface area (Å²) in [5.41, 5.74) is 0.651. The number of rotatable bonds is 8. The molecule has 1 fully saturated rings. The molecule has 0 aromatic heterocycles. The molecule has 1 saturated heterocycles. The number of hydrogen-bond acceptors (Lipinski definition) is 6. The van der Waals surface area contributed by atoms with Crippen LogP contribution in [-0.4, -0.2) is 42.8 Å². The molecule has 1 heterocycles. The SMILES string of the molecule is COc1cc(/C=C/C(=O)O)ccc1OC(=O)C(C)(C)Oc1ccc(C2CCNCC2)cc1. The van der Waals surface area contributed by atoms with Gasteiger partial charge in [-0.2, -0.15) is 0 Å². The fourth-order valence-corrected chi connectivity index (χ4v) is 3.56. The van der Waals surface area contributed by atoms with E-state index in [9.17, 15) is 9.59 Å². The summed E-state index contributed by atoms with van der Waals surface area (Å²) in [5, 5.41) is 12.1. The molecular formula is C25H29NO6. The molecule has 1 aliphatic heterocycles. The van der Waals surface area contributed by atoms with Gasteiger partial charge in [-0.25, -0.2) is 9.59 Å². The van der Waals surface area contributed by atoms with Gasteiger partial charge in [0, 0.05) is 6.08 Å². The lowest BCUT2D eigenvalue weighted by atomic mass is 9.90. The largest absolute Gasteiger partial charge is 0.493 e. The van der Waals surface area contributed by atoms with Crippen molar-refractivity contribution in [2.24, 2.45) is 0 Å². The molecule has 170 valence electrons. The van der Waals surface area contributed by atoms with Gasteiger partial charge in [-0.3, -0.25) is 0 Å². The third-order valence-electron chi connectivity index (χ3n) is 5.36. The van der Waals surface area contributed by atoms with Crippen molar-refractivity contribution in [3.63, 3.8) is 0 Å². The molecule has 3 rings (SSSR count). The van der Waals surface area contributed by atoms with Crippen LogP contribution in [0.2, 0.25) is 0 Å². The lowest BCUT2D eigenvalue weighted by Gasteiger charge is -2.26. The molecule has 0 aliphatic carbocycles. The van der Waals surface area contributed by atoms with E-state index in [2.05, 4.69) is 17.4 Å². The van der Waals surface area contributed by atoms with Crippen LogP contribution >= 0.6 is 0 Å². The molecule has 0 bridgehead atoms. The maximum Gasteiger partial charge on any atom is 0.355 e. The summed E-state index contributed by atoms with van der Waals surface area (Å²) in [4.78, 5) is 23.5. The number of piperidine rings is 1. The summed E-state index contributed by atoms with van der Waals surface area (Å²) in [6.07, 6.45) is 4.68. The Morgan fingerprint density at radius 2 is 1.75 bits per heavy atom. The molecule has 1 aliphatic rings. The highest BCUT2D eigenvalue weighted by atomic mass is 16.6. The fourth-order valence-electron chi connectivity index (χ4n) is 3.56. The van der Waals surface area contributed by atoms with Gasteiger partial charge >= 0.3 is 11.9 Å². The van der Waals surface area contributed by atoms with Gasteiger partial charge < -0.3 is 24.6 Å². The van der Waals surface area contributed by atoms with Crippen LogP contribution in [0.5, 0.6) is 17.2 Å². The van der Waals surface area contributed by atoms with Gasteiger partial charge in [0.25, 0.3) is 0 Å². The number of esters is 1. The van der Waals surface area contributed by atoms with Crippen molar-refractivity contribution in [3.05, 3.63) is 59.7 Å². The number of carbonyl (C=O) groups is 2. The second-order valence-electron chi connectivity index (χ2n) is 8.18. The number of aliphatic carboxylic acids is 1. The summed E-state index contributed by atoms with van der Waals surface area (Å²) < 4.78 is 16.8. The van der Waals surface area contributed by atoms with Crippen LogP contribution in [0.4, 0.5) is 0 Å². The first-order valence-electron chi connectivity index (χ1n) is 10.6. The summed E-state index contributed by atoms with van der Waals surface area (Å²) >= 11 is 0. The number of nitrogens with one attached hydrogen (secondary N) is 1. The Hall–Kier alpha value is -3.32. The Morgan fingerprint density at radius 3 is 2.38 bits per heavy atom. The Bertz CT molecular complexity index is 974. The van der Waals surface area contributed by atoms with E-state index in [0.717, 1.165) is 32.0 Å². The molecule has 0 spiro atoms. The van der Waals surface area contributed by atoms with Crippen LogP contribution in [0.1, 0.15) is 43.7 Å². The Labute approximate surface area is 188 Å². The first kappa shape index (κ1) is 23.3. The van der Waals surface area contributed by atoms with Crippen molar-refractivity contribution in [1.82, 2.24) is 5.32 Å². The topological polar surface area (TPSA) is 94.1 Å². The molecule has 0 atom stereocenters. The second kappa shape index (κ2) is 10.3. The number of hydrogen-bond donors (Lipinski definition) is 2. The van der Waals surface area contributed by atoms with E-state index in [1.807, 2.05) is 12.1 Å². The zero-order chi connectivity index (χ0) is 23.1. The van der Waals surface area contributed by atoms with E-state index in [1.54, 1.807) is 32.0 Å². The molecule has 0 saturated carbocycles. The van der Waals surface area contributed by atoms with E-state index >= 15 is 0 Å². The van der Waals surface area contributed by atoms with Crippen molar-refractivity contribution in [2.45, 2.75) is 38.2 Å². The predicted molar refractivity (Wildman–Crippen MR) is 121 cm³/mol. The van der Waals surface area contributed by atoms with E-state index in [-0.39, 0.29) is 5.75 Å². The number of carboxylic acid groups (broad SMARTS) is 1. The van der Waals surface area contributed by atoms with Crippen LogP contribution in [0, 0.1) is 0 Å². The molecule has 0 amide bonds. The maximum atomic E-state index is 12.8. The smallest absolute Gasteiger partial charge is 0.355 e. The van der Waals surface area contributed by atoms with E-state index in [4.69, 9.17) is 19.3 Å². The normalized spacial score (nSPS) is 14.8. The summed E-state index contributed by atoms with van der Waals surface area (Å²) in [5.74, 6) is 0.0416. The minimum Gasteiger partial charge on any atom is -0.493 e. The van der Waals surface area contributed by atoms with Crippen molar-refractivity contribution in [1.29, 1.82) is 0 Å². The molecule has 7 heteroatoms. The molecule has 32 heavy (non-hydrogen) atoms. The van der Waals surface area contributed by atoms with E-state index in [0.29, 0.717) is 23.0 Å². The third-order valence-corrected chi connectivity index (χ3v) is 5.36. The van der Waals surface area contributed by atoms with E-state index in [1.165, 1.54) is 18.7 Å². The molecule has 2 N–H and O–H groups in total. The van der Waals surface area contributed by atoms with Crippen LogP contribution in [0.25, 0.3) is 6.08 Å². The Morgan fingerprint density at radius 1 is 1.06 bits per heavy atom. The highest BCUT2D eigenvalue weighted by Crippen LogP contribution is 2.31. The molecule has 0 radical (unpaired) electrons. The average molecular weight is 440 g/mol. The maximum absolute atomic E-state index is 12.8. The van der Waals surface area contributed by atoms with Crippen LogP contribution in [0.15, 0.2) is 48.5 Å². The Balaban J connectivity index is 1.66.